The number of nitrogens with one attached hydrogen (secondary N) is 1. The first-order valence-electron chi connectivity index (χ1n) is 11.5. The summed E-state index contributed by atoms with van der Waals surface area (Å²) in [6.45, 7) is 2.25. The van der Waals surface area contributed by atoms with Crippen LogP contribution in [0.5, 0.6) is 5.75 Å². The number of aliphatic hydroxyl groups is 1. The van der Waals surface area contributed by atoms with E-state index >= 15 is 0 Å². The molecule has 0 bridgehead atoms. The molecule has 1 aromatic heterocycles. The van der Waals surface area contributed by atoms with Gasteiger partial charge in [-0.05, 0) is 53.9 Å². The van der Waals surface area contributed by atoms with Gasteiger partial charge in [-0.2, -0.15) is 0 Å². The van der Waals surface area contributed by atoms with Crippen molar-refractivity contribution in [2.75, 3.05) is 13.1 Å². The Bertz CT molecular complexity index is 1330. The number of fused-ring (bicyclic) bond motifs is 4. The van der Waals surface area contributed by atoms with Crippen molar-refractivity contribution in [3.8, 4) is 5.75 Å². The summed E-state index contributed by atoms with van der Waals surface area (Å²) in [5.74, 6) is 0.237. The molecule has 1 aliphatic carbocycles. The van der Waals surface area contributed by atoms with Gasteiger partial charge in [0.2, 0.25) is 0 Å². The summed E-state index contributed by atoms with van der Waals surface area (Å²) < 4.78 is 0. The second-order valence-corrected chi connectivity index (χ2v) is 10.1. The minimum absolute atomic E-state index is 0.237. The van der Waals surface area contributed by atoms with Gasteiger partial charge in [0.25, 0.3) is 0 Å². The molecule has 33 heavy (non-hydrogen) atoms. The highest BCUT2D eigenvalue weighted by Crippen LogP contribution is 2.52. The molecule has 4 aromatic rings. The quantitative estimate of drug-likeness (QED) is 0.395. The highest BCUT2D eigenvalue weighted by atomic mass is 35.5. The van der Waals surface area contributed by atoms with Crippen LogP contribution in [0.15, 0.2) is 72.8 Å². The van der Waals surface area contributed by atoms with Crippen LogP contribution >= 0.6 is 11.6 Å². The maximum absolute atomic E-state index is 12.5. The number of hydrogen-bond acceptors (Lipinski definition) is 3. The van der Waals surface area contributed by atoms with Crippen molar-refractivity contribution in [2.24, 2.45) is 0 Å². The van der Waals surface area contributed by atoms with Crippen LogP contribution in [0.3, 0.4) is 0 Å². The van der Waals surface area contributed by atoms with E-state index in [1.165, 1.54) is 5.56 Å². The Labute approximate surface area is 198 Å². The van der Waals surface area contributed by atoms with Crippen molar-refractivity contribution in [1.29, 1.82) is 0 Å². The molecule has 2 aliphatic rings. The fraction of sp³-hybridized carbons (Fsp3) is 0.286. The number of benzene rings is 3. The standard InChI is InChI=1S/C28H27ClN2O2/c29-23-10-5-11-24-26(23)22-15-28(33)18-31(17-19-6-2-1-3-7-19)13-12-27(28,16-25(22)30-24)20-8-4-9-21(32)14-20/h1-11,14,30,32-33H,12-13,15-18H2. The van der Waals surface area contributed by atoms with Crippen LogP contribution in [0.2, 0.25) is 5.02 Å². The molecule has 0 spiro atoms. The number of halogens is 1. The summed E-state index contributed by atoms with van der Waals surface area (Å²) in [7, 11) is 0. The number of hydrogen-bond donors (Lipinski definition) is 3. The molecule has 1 fully saturated rings. The molecule has 0 radical (unpaired) electrons. The first kappa shape index (κ1) is 20.8. The number of piperidine rings is 1. The predicted octanol–water partition coefficient (Wildman–Crippen LogP) is 5.20. The van der Waals surface area contributed by atoms with Gasteiger partial charge in [0.05, 0.1) is 10.6 Å². The van der Waals surface area contributed by atoms with Gasteiger partial charge in [-0.3, -0.25) is 4.90 Å². The summed E-state index contributed by atoms with van der Waals surface area (Å²) in [5.41, 5.74) is 4.05. The largest absolute Gasteiger partial charge is 0.508 e. The molecule has 2 atom stereocenters. The second-order valence-electron chi connectivity index (χ2n) is 9.71. The van der Waals surface area contributed by atoms with Crippen LogP contribution in [0.25, 0.3) is 10.9 Å². The Hall–Kier alpha value is -2.79. The van der Waals surface area contributed by atoms with Crippen LogP contribution < -0.4 is 0 Å². The molecule has 1 aliphatic heterocycles. The zero-order chi connectivity index (χ0) is 22.6. The first-order chi connectivity index (χ1) is 16.0. The van der Waals surface area contributed by atoms with E-state index in [0.29, 0.717) is 19.4 Å². The number of aromatic hydroxyl groups is 1. The maximum Gasteiger partial charge on any atom is 0.115 e. The first-order valence-corrected chi connectivity index (χ1v) is 11.9. The third kappa shape index (κ3) is 3.28. The van der Waals surface area contributed by atoms with Gasteiger partial charge in [-0.15, -0.1) is 0 Å². The number of phenolic OH excluding ortho intramolecular Hbond substituents is 1. The fourth-order valence-corrected chi connectivity index (χ4v) is 6.51. The van der Waals surface area contributed by atoms with Crippen LogP contribution in [0, 0.1) is 0 Å². The van der Waals surface area contributed by atoms with Gasteiger partial charge >= 0.3 is 0 Å². The molecule has 2 heterocycles. The lowest BCUT2D eigenvalue weighted by Crippen LogP contribution is -2.66. The van der Waals surface area contributed by atoms with Gasteiger partial charge in [0, 0.05) is 47.9 Å². The van der Waals surface area contributed by atoms with Crippen LogP contribution in [0.1, 0.15) is 28.8 Å². The summed E-state index contributed by atoms with van der Waals surface area (Å²) in [6.07, 6.45) is 2.02. The molecule has 3 N–H and O–H groups in total. The number of aromatic amines is 1. The highest BCUT2D eigenvalue weighted by Gasteiger charge is 2.57. The van der Waals surface area contributed by atoms with E-state index in [4.69, 9.17) is 11.6 Å². The fourth-order valence-electron chi connectivity index (χ4n) is 6.22. The summed E-state index contributed by atoms with van der Waals surface area (Å²) in [5, 5.41) is 24.5. The van der Waals surface area contributed by atoms with Gasteiger partial charge in [0.1, 0.15) is 5.75 Å². The van der Waals surface area contributed by atoms with E-state index in [0.717, 1.165) is 52.3 Å². The minimum Gasteiger partial charge on any atom is -0.508 e. The van der Waals surface area contributed by atoms with Crippen molar-refractivity contribution in [1.82, 2.24) is 9.88 Å². The van der Waals surface area contributed by atoms with Gasteiger partial charge in [-0.25, -0.2) is 0 Å². The average Bonchev–Trinajstić information content (AvgIpc) is 3.15. The van der Waals surface area contributed by atoms with E-state index in [1.807, 2.05) is 30.3 Å². The second kappa shape index (κ2) is 7.63. The maximum atomic E-state index is 12.5. The van der Waals surface area contributed by atoms with Crippen molar-refractivity contribution < 1.29 is 10.2 Å². The number of nitrogens with zero attached hydrogens (tertiary/aromatic N) is 1. The number of phenols is 1. The highest BCUT2D eigenvalue weighted by molar-refractivity contribution is 6.35. The van der Waals surface area contributed by atoms with E-state index in [2.05, 4.69) is 46.3 Å². The minimum atomic E-state index is -0.991. The van der Waals surface area contributed by atoms with Gasteiger partial charge in [-0.1, -0.05) is 60.1 Å². The van der Waals surface area contributed by atoms with Crippen molar-refractivity contribution in [3.05, 3.63) is 100 Å². The third-order valence-electron chi connectivity index (χ3n) is 7.79. The Morgan fingerprint density at radius 2 is 1.79 bits per heavy atom. The summed E-state index contributed by atoms with van der Waals surface area (Å²) in [6, 6.07) is 23.8. The molecule has 2 unspecified atom stereocenters. The molecule has 168 valence electrons. The zero-order valence-corrected chi connectivity index (χ0v) is 19.1. The normalized spacial score (nSPS) is 25.0. The third-order valence-corrected chi connectivity index (χ3v) is 8.11. The van der Waals surface area contributed by atoms with Crippen LogP contribution in [-0.4, -0.2) is 38.8 Å². The van der Waals surface area contributed by atoms with E-state index in [9.17, 15) is 10.2 Å². The number of β-amino-alcohol motifs (C(OH)–C–C–N with tert-alkyl or cyclic N) is 1. The topological polar surface area (TPSA) is 59.5 Å². The van der Waals surface area contributed by atoms with Gasteiger partial charge in [0.15, 0.2) is 0 Å². The Morgan fingerprint density at radius 3 is 2.61 bits per heavy atom. The Balaban J connectivity index is 1.47. The van der Waals surface area contributed by atoms with Gasteiger partial charge < -0.3 is 15.2 Å². The van der Waals surface area contributed by atoms with Crippen molar-refractivity contribution in [2.45, 2.75) is 36.8 Å². The zero-order valence-electron chi connectivity index (χ0n) is 18.4. The number of likely N-dealkylation sites (tertiary alicyclic amines) is 1. The van der Waals surface area contributed by atoms with E-state index in [1.54, 1.807) is 6.07 Å². The molecule has 4 nitrogen and oxygen atoms in total. The van der Waals surface area contributed by atoms with Crippen LogP contribution in [-0.2, 0) is 24.8 Å². The molecule has 1 saturated heterocycles. The lowest BCUT2D eigenvalue weighted by Gasteiger charge is -2.56. The van der Waals surface area contributed by atoms with E-state index < -0.39 is 11.0 Å². The lowest BCUT2D eigenvalue weighted by molar-refractivity contribution is -0.105. The molecular weight excluding hydrogens is 432 g/mol. The summed E-state index contributed by atoms with van der Waals surface area (Å²) >= 11 is 6.62. The monoisotopic (exact) mass is 458 g/mol. The summed E-state index contributed by atoms with van der Waals surface area (Å²) in [4.78, 5) is 5.95. The molecular formula is C28H27ClN2O2. The van der Waals surface area contributed by atoms with E-state index in [-0.39, 0.29) is 5.75 Å². The lowest BCUT2D eigenvalue weighted by atomic mass is 9.56. The molecule has 0 saturated carbocycles. The number of rotatable bonds is 3. The Morgan fingerprint density at radius 1 is 0.970 bits per heavy atom. The van der Waals surface area contributed by atoms with Crippen LogP contribution in [0.4, 0.5) is 0 Å². The average molecular weight is 459 g/mol. The predicted molar refractivity (Wildman–Crippen MR) is 132 cm³/mol. The number of aromatic nitrogens is 1. The SMILES string of the molecule is Oc1cccc(C23CCN(Cc4ccccc4)CC2(O)Cc2c([nH]c4cccc(Cl)c24)C3)c1. The molecule has 5 heteroatoms. The molecule has 0 amide bonds. The molecule has 3 aromatic carbocycles. The molecule has 6 rings (SSSR count). The Kier molecular flexibility index (Phi) is 4.80. The van der Waals surface area contributed by atoms with Crippen molar-refractivity contribution >= 4 is 22.5 Å². The number of H-pyrrole nitrogens is 1. The van der Waals surface area contributed by atoms with Crippen molar-refractivity contribution in [3.63, 3.8) is 0 Å². The smallest absolute Gasteiger partial charge is 0.115 e.